The predicted octanol–water partition coefficient (Wildman–Crippen LogP) is 1.29. The number of rotatable bonds is 6. The van der Waals surface area contributed by atoms with E-state index < -0.39 is 17.3 Å². The van der Waals surface area contributed by atoms with Crippen molar-refractivity contribution in [2.45, 2.75) is 74.3 Å². The number of methoxy groups -OCH3 is 4. The van der Waals surface area contributed by atoms with Gasteiger partial charge in [-0.2, -0.15) is 0 Å². The number of nitrogens with zero attached hydrogens (tertiary/aromatic N) is 1. The van der Waals surface area contributed by atoms with Crippen LogP contribution in [0.5, 0.6) is 0 Å². The molecule has 2 aliphatic heterocycles. The fourth-order valence-electron chi connectivity index (χ4n) is 11.7. The lowest BCUT2D eigenvalue weighted by Gasteiger charge is -2.70. The van der Waals surface area contributed by atoms with E-state index >= 15 is 0 Å². The lowest BCUT2D eigenvalue weighted by atomic mass is 9.42. The van der Waals surface area contributed by atoms with Gasteiger partial charge in [0.2, 0.25) is 0 Å². The minimum Gasteiger partial charge on any atom is -0.392 e. The third-order valence-corrected chi connectivity index (χ3v) is 12.0. The van der Waals surface area contributed by atoms with Crippen LogP contribution in [0.2, 0.25) is 0 Å². The molecule has 0 amide bonds. The van der Waals surface area contributed by atoms with Gasteiger partial charge in [-0.1, -0.05) is 6.92 Å². The molecule has 7 bridgehead atoms. The first kappa shape index (κ1) is 22.8. The van der Waals surface area contributed by atoms with Gasteiger partial charge in [0.25, 0.3) is 0 Å². The Hall–Kier alpha value is -0.320. The number of fused-ring (bicyclic) bond motifs is 1. The molecule has 0 radical (unpaired) electrons. The van der Waals surface area contributed by atoms with E-state index in [1.54, 1.807) is 7.11 Å². The van der Waals surface area contributed by atoms with Gasteiger partial charge in [0, 0.05) is 70.0 Å². The average Bonchev–Trinajstić information content (AvgIpc) is 3.38. The van der Waals surface area contributed by atoms with Crippen molar-refractivity contribution in [3.05, 3.63) is 0 Å². The second-order valence-corrected chi connectivity index (χ2v) is 12.2. The van der Waals surface area contributed by atoms with E-state index in [9.17, 15) is 5.11 Å². The lowest BCUT2D eigenvalue weighted by Crippen LogP contribution is -2.81. The zero-order chi connectivity index (χ0) is 23.7. The molecule has 5 saturated carbocycles. The Balaban J connectivity index is 1.56. The van der Waals surface area contributed by atoms with Crippen LogP contribution in [0.1, 0.15) is 32.6 Å². The van der Waals surface area contributed by atoms with Crippen molar-refractivity contribution < 1.29 is 33.5 Å². The van der Waals surface area contributed by atoms with Crippen LogP contribution in [0.3, 0.4) is 0 Å². The molecule has 5 aliphatic carbocycles. The Morgan fingerprint density at radius 2 is 1.91 bits per heavy atom. The summed E-state index contributed by atoms with van der Waals surface area (Å²) in [5.41, 5.74) is -1.54. The van der Waals surface area contributed by atoms with Gasteiger partial charge in [-0.25, -0.2) is 0 Å². The summed E-state index contributed by atoms with van der Waals surface area (Å²) in [5, 5.41) is 11.8. The highest BCUT2D eigenvalue weighted by Gasteiger charge is 2.93. The monoisotopic (exact) mass is 479 g/mol. The molecule has 1 N–H and O–H groups in total. The van der Waals surface area contributed by atoms with Crippen molar-refractivity contribution in [3.8, 4) is 0 Å². The minimum atomic E-state index is -0.673. The van der Waals surface area contributed by atoms with Crippen molar-refractivity contribution in [2.75, 3.05) is 54.9 Å². The average molecular weight is 480 g/mol. The standard InChI is InChI=1S/C26H41NO7/c1-6-27-11-23(12-29-2)8-7-17(31-4)25-15-9-14-16(30-3)10-24(18(15)19(14)28)26(22(25)27,34-13-33-24)21(32-5)20(23)25/h14-22,28H,6-13H2,1-5H3. The SMILES string of the molecule is CCN1CC2(COC)CCC(OC)C34C5CC6C(OC)CC7(OCOC7(C(OC)C23)C14)C5C6O. The first-order valence-electron chi connectivity index (χ1n) is 13.2. The molecule has 192 valence electrons. The van der Waals surface area contributed by atoms with Crippen molar-refractivity contribution >= 4 is 0 Å². The molecule has 2 saturated heterocycles. The first-order chi connectivity index (χ1) is 16.5. The van der Waals surface area contributed by atoms with E-state index in [0.717, 1.165) is 38.8 Å². The smallest absolute Gasteiger partial charge is 0.148 e. The van der Waals surface area contributed by atoms with Gasteiger partial charge in [-0.3, -0.25) is 4.90 Å². The van der Waals surface area contributed by atoms with Crippen LogP contribution >= 0.6 is 0 Å². The van der Waals surface area contributed by atoms with E-state index in [1.165, 1.54) is 0 Å². The maximum atomic E-state index is 11.8. The van der Waals surface area contributed by atoms with Gasteiger partial charge in [0.05, 0.1) is 37.1 Å². The zero-order valence-corrected chi connectivity index (χ0v) is 21.2. The number of hydrogen-bond acceptors (Lipinski definition) is 8. The van der Waals surface area contributed by atoms with Crippen LogP contribution in [0.15, 0.2) is 0 Å². The van der Waals surface area contributed by atoms with Crippen LogP contribution in [-0.2, 0) is 28.4 Å². The molecule has 2 heterocycles. The Labute approximate surface area is 202 Å². The van der Waals surface area contributed by atoms with Gasteiger partial charge < -0.3 is 33.5 Å². The molecule has 7 rings (SSSR count). The summed E-state index contributed by atoms with van der Waals surface area (Å²) in [4.78, 5) is 2.66. The summed E-state index contributed by atoms with van der Waals surface area (Å²) in [6.45, 7) is 5.11. The van der Waals surface area contributed by atoms with E-state index in [0.29, 0.717) is 6.61 Å². The number of likely N-dealkylation sites (N-methyl/N-ethyl adjacent to an activating group) is 1. The van der Waals surface area contributed by atoms with Crippen LogP contribution in [0.4, 0.5) is 0 Å². The maximum Gasteiger partial charge on any atom is 0.148 e. The Morgan fingerprint density at radius 1 is 1.09 bits per heavy atom. The minimum absolute atomic E-state index is 0.00176. The topological polar surface area (TPSA) is 78.9 Å². The van der Waals surface area contributed by atoms with Crippen molar-refractivity contribution in [1.82, 2.24) is 4.90 Å². The number of aliphatic hydroxyl groups excluding tert-OH is 1. The van der Waals surface area contributed by atoms with Crippen LogP contribution < -0.4 is 0 Å². The molecular formula is C26H41NO7. The quantitative estimate of drug-likeness (QED) is 0.611. The molecule has 7 fully saturated rings. The van der Waals surface area contributed by atoms with E-state index in [2.05, 4.69) is 11.8 Å². The van der Waals surface area contributed by atoms with Crippen LogP contribution in [-0.4, -0.2) is 107 Å². The maximum absolute atomic E-state index is 11.8. The van der Waals surface area contributed by atoms with Gasteiger partial charge in [0.1, 0.15) is 18.0 Å². The highest BCUT2D eigenvalue weighted by Crippen LogP contribution is 2.82. The van der Waals surface area contributed by atoms with Crippen LogP contribution in [0.25, 0.3) is 0 Å². The molecule has 3 spiro atoms. The number of ether oxygens (including phenoxy) is 6. The van der Waals surface area contributed by atoms with E-state index in [4.69, 9.17) is 28.4 Å². The summed E-state index contributed by atoms with van der Waals surface area (Å²) < 4.78 is 38.7. The summed E-state index contributed by atoms with van der Waals surface area (Å²) in [6, 6.07) is 0.112. The Morgan fingerprint density at radius 3 is 2.59 bits per heavy atom. The first-order valence-corrected chi connectivity index (χ1v) is 13.2. The number of hydrogen-bond donors (Lipinski definition) is 1. The summed E-state index contributed by atoms with van der Waals surface area (Å²) in [7, 11) is 7.34. The van der Waals surface area contributed by atoms with Crippen molar-refractivity contribution in [3.63, 3.8) is 0 Å². The predicted molar refractivity (Wildman–Crippen MR) is 121 cm³/mol. The van der Waals surface area contributed by atoms with Crippen molar-refractivity contribution in [2.24, 2.45) is 34.5 Å². The lowest BCUT2D eigenvalue weighted by molar-refractivity contribution is -0.285. The van der Waals surface area contributed by atoms with Gasteiger partial charge >= 0.3 is 0 Å². The van der Waals surface area contributed by atoms with Gasteiger partial charge in [-0.15, -0.1) is 0 Å². The summed E-state index contributed by atoms with van der Waals surface area (Å²) >= 11 is 0. The summed E-state index contributed by atoms with van der Waals surface area (Å²) in [6.07, 6.45) is 3.14. The number of piperidine rings is 1. The second kappa shape index (κ2) is 7.16. The molecule has 8 heteroatoms. The number of aliphatic hydroxyl groups is 1. The summed E-state index contributed by atoms with van der Waals surface area (Å²) in [5.74, 6) is 0.595. The highest BCUT2D eigenvalue weighted by atomic mass is 16.7. The fraction of sp³-hybridized carbons (Fsp3) is 1.00. The zero-order valence-electron chi connectivity index (χ0n) is 21.2. The molecule has 0 aromatic heterocycles. The molecule has 7 aliphatic rings. The van der Waals surface area contributed by atoms with Gasteiger partial charge in [-0.05, 0) is 31.7 Å². The number of likely N-dealkylation sites (tertiary alicyclic amines) is 1. The van der Waals surface area contributed by atoms with Crippen molar-refractivity contribution in [1.29, 1.82) is 0 Å². The Kier molecular flexibility index (Phi) is 4.81. The molecule has 13 unspecified atom stereocenters. The third-order valence-electron chi connectivity index (χ3n) is 12.0. The fourth-order valence-corrected chi connectivity index (χ4v) is 11.7. The van der Waals surface area contributed by atoms with E-state index in [1.807, 2.05) is 21.3 Å². The second-order valence-electron chi connectivity index (χ2n) is 12.2. The Bertz CT molecular complexity index is 859. The molecule has 34 heavy (non-hydrogen) atoms. The largest absolute Gasteiger partial charge is 0.392 e. The molecular weight excluding hydrogens is 438 g/mol. The van der Waals surface area contributed by atoms with Crippen LogP contribution in [0, 0.1) is 34.5 Å². The molecule has 0 aromatic rings. The normalized spacial score (nSPS) is 61.1. The van der Waals surface area contributed by atoms with E-state index in [-0.39, 0.29) is 65.6 Å². The molecule has 8 nitrogen and oxygen atoms in total. The molecule has 0 aromatic carbocycles. The molecule has 13 atom stereocenters. The third kappa shape index (κ3) is 2.05. The highest BCUT2D eigenvalue weighted by molar-refractivity contribution is 5.43. The van der Waals surface area contributed by atoms with Gasteiger partial charge in [0.15, 0.2) is 0 Å².